The first-order chi connectivity index (χ1) is 16.5. The van der Waals surface area contributed by atoms with Crippen LogP contribution >= 0.6 is 0 Å². The van der Waals surface area contributed by atoms with Crippen molar-refractivity contribution in [1.29, 1.82) is 5.26 Å². The highest BCUT2D eigenvalue weighted by Gasteiger charge is 2.27. The Balaban J connectivity index is 1.47. The Bertz CT molecular complexity index is 1270. The van der Waals surface area contributed by atoms with Crippen LogP contribution in [0.25, 0.3) is 10.9 Å². The Hall–Kier alpha value is -3.74. The molecule has 34 heavy (non-hydrogen) atoms. The maximum Gasteiger partial charge on any atom is 0.321 e. The minimum atomic E-state index is -0.191. The lowest BCUT2D eigenvalue weighted by atomic mass is 10.1. The van der Waals surface area contributed by atoms with E-state index in [0.29, 0.717) is 67.3 Å². The van der Waals surface area contributed by atoms with Gasteiger partial charge in [0.1, 0.15) is 5.82 Å². The van der Waals surface area contributed by atoms with E-state index in [4.69, 9.17) is 15.0 Å². The number of carbonyl (C=O) groups is 1. The first-order valence-corrected chi connectivity index (χ1v) is 11.3. The molecule has 1 fully saturated rings. The van der Waals surface area contributed by atoms with Gasteiger partial charge in [0.05, 0.1) is 41.7 Å². The van der Waals surface area contributed by atoms with Crippen LogP contribution in [0.4, 0.5) is 10.5 Å². The van der Waals surface area contributed by atoms with Crippen LogP contribution in [0.2, 0.25) is 0 Å². The quantitative estimate of drug-likeness (QED) is 0.607. The number of benzene rings is 2. The standard InChI is InChI=1S/C25H28N6O3/c1-18(23-28-22-9-4-3-8-21(22)24(32)31(23)14-15-34-2)29-10-12-30(13-11-29)25(33)27-20-7-5-6-19(16-20)17-26/h3-9,16,18H,10-15H2,1-2H3,(H,27,33). The van der Waals surface area contributed by atoms with Gasteiger partial charge in [-0.15, -0.1) is 0 Å². The summed E-state index contributed by atoms with van der Waals surface area (Å²) in [6, 6.07) is 16.0. The molecule has 3 aromatic rings. The van der Waals surface area contributed by atoms with Gasteiger partial charge in [0.2, 0.25) is 0 Å². The molecule has 2 amide bonds. The molecule has 9 heteroatoms. The molecule has 0 aliphatic carbocycles. The molecule has 0 spiro atoms. The SMILES string of the molecule is COCCn1c(C(C)N2CCN(C(=O)Nc3cccc(C#N)c3)CC2)nc2ccccc2c1=O. The van der Waals surface area contributed by atoms with Gasteiger partial charge in [-0.05, 0) is 37.3 Å². The van der Waals surface area contributed by atoms with Crippen molar-refractivity contribution in [3.63, 3.8) is 0 Å². The van der Waals surface area contributed by atoms with Crippen molar-refractivity contribution in [1.82, 2.24) is 19.4 Å². The lowest BCUT2D eigenvalue weighted by molar-refractivity contribution is 0.112. The smallest absolute Gasteiger partial charge is 0.321 e. The van der Waals surface area contributed by atoms with Gasteiger partial charge in [0.15, 0.2) is 0 Å². The first kappa shape index (κ1) is 23.4. The molecule has 9 nitrogen and oxygen atoms in total. The molecule has 176 valence electrons. The Morgan fingerprint density at radius 3 is 2.68 bits per heavy atom. The number of methoxy groups -OCH3 is 1. The van der Waals surface area contributed by atoms with Crippen molar-refractivity contribution in [3.05, 3.63) is 70.3 Å². The predicted molar refractivity (Wildman–Crippen MR) is 130 cm³/mol. The molecule has 0 saturated carbocycles. The normalized spacial score (nSPS) is 15.1. The van der Waals surface area contributed by atoms with Crippen LogP contribution in [-0.2, 0) is 11.3 Å². The zero-order valence-electron chi connectivity index (χ0n) is 19.4. The highest BCUT2D eigenvalue weighted by Crippen LogP contribution is 2.22. The van der Waals surface area contributed by atoms with Crippen LogP contribution in [0, 0.1) is 11.3 Å². The van der Waals surface area contributed by atoms with E-state index >= 15 is 0 Å². The molecule has 1 unspecified atom stereocenters. The van der Waals surface area contributed by atoms with Crippen molar-refractivity contribution in [2.24, 2.45) is 0 Å². The monoisotopic (exact) mass is 460 g/mol. The van der Waals surface area contributed by atoms with Crippen LogP contribution in [-0.4, -0.2) is 65.3 Å². The van der Waals surface area contributed by atoms with E-state index in [0.717, 1.165) is 0 Å². The van der Waals surface area contributed by atoms with Gasteiger partial charge in [0, 0.05) is 39.0 Å². The fourth-order valence-electron chi connectivity index (χ4n) is 4.25. The van der Waals surface area contributed by atoms with Crippen molar-refractivity contribution in [3.8, 4) is 6.07 Å². The van der Waals surface area contributed by atoms with E-state index in [1.807, 2.05) is 25.1 Å². The molecule has 0 radical (unpaired) electrons. The van der Waals surface area contributed by atoms with Gasteiger partial charge < -0.3 is 15.0 Å². The number of hydrogen-bond acceptors (Lipinski definition) is 6. The molecule has 1 atom stereocenters. The third-order valence-corrected chi connectivity index (χ3v) is 6.18. The van der Waals surface area contributed by atoms with E-state index in [2.05, 4.69) is 16.3 Å². The number of urea groups is 1. The average molecular weight is 461 g/mol. The number of anilines is 1. The Kier molecular flexibility index (Phi) is 7.21. The van der Waals surface area contributed by atoms with Crippen LogP contribution in [0.1, 0.15) is 24.4 Å². The third-order valence-electron chi connectivity index (χ3n) is 6.18. The third kappa shape index (κ3) is 4.93. The number of ether oxygens (including phenoxy) is 1. The van der Waals surface area contributed by atoms with Crippen molar-refractivity contribution in [2.75, 3.05) is 45.2 Å². The molecular weight excluding hydrogens is 432 g/mol. The fourth-order valence-corrected chi connectivity index (χ4v) is 4.25. The second-order valence-electron chi connectivity index (χ2n) is 8.26. The zero-order valence-corrected chi connectivity index (χ0v) is 19.4. The van der Waals surface area contributed by atoms with Crippen molar-refractivity contribution in [2.45, 2.75) is 19.5 Å². The minimum Gasteiger partial charge on any atom is -0.383 e. The van der Waals surface area contributed by atoms with Crippen molar-refractivity contribution < 1.29 is 9.53 Å². The minimum absolute atomic E-state index is 0.0675. The Morgan fingerprint density at radius 1 is 1.18 bits per heavy atom. The van der Waals surface area contributed by atoms with Gasteiger partial charge >= 0.3 is 6.03 Å². The molecule has 1 aliphatic heterocycles. The van der Waals surface area contributed by atoms with Gasteiger partial charge in [0.25, 0.3) is 5.56 Å². The Morgan fingerprint density at radius 2 is 1.94 bits per heavy atom. The van der Waals surface area contributed by atoms with Gasteiger partial charge in [-0.2, -0.15) is 5.26 Å². The topological polar surface area (TPSA) is 103 Å². The predicted octanol–water partition coefficient (Wildman–Crippen LogP) is 2.83. The van der Waals surface area contributed by atoms with E-state index < -0.39 is 0 Å². The first-order valence-electron chi connectivity index (χ1n) is 11.3. The molecule has 2 aromatic carbocycles. The number of nitrogens with one attached hydrogen (secondary N) is 1. The molecule has 1 aromatic heterocycles. The number of piperazine rings is 1. The van der Waals surface area contributed by atoms with Gasteiger partial charge in [-0.3, -0.25) is 14.3 Å². The Labute approximate surface area is 198 Å². The summed E-state index contributed by atoms with van der Waals surface area (Å²) in [6.07, 6.45) is 0. The lowest BCUT2D eigenvalue weighted by Gasteiger charge is -2.38. The number of aromatic nitrogens is 2. The van der Waals surface area contributed by atoms with E-state index in [-0.39, 0.29) is 17.6 Å². The van der Waals surface area contributed by atoms with Crippen LogP contribution in [0.5, 0.6) is 0 Å². The molecule has 1 N–H and O–H groups in total. The molecule has 2 heterocycles. The highest BCUT2D eigenvalue weighted by molar-refractivity contribution is 5.89. The highest BCUT2D eigenvalue weighted by atomic mass is 16.5. The molecule has 4 rings (SSSR count). The van der Waals surface area contributed by atoms with Gasteiger partial charge in [-0.25, -0.2) is 9.78 Å². The molecule has 1 saturated heterocycles. The van der Waals surface area contributed by atoms with Crippen molar-refractivity contribution >= 4 is 22.6 Å². The summed E-state index contributed by atoms with van der Waals surface area (Å²) in [5.41, 5.74) is 1.71. The number of carbonyl (C=O) groups excluding carboxylic acids is 1. The summed E-state index contributed by atoms with van der Waals surface area (Å²) in [5.74, 6) is 0.701. The number of nitriles is 1. The van der Waals surface area contributed by atoms with Crippen LogP contribution in [0.3, 0.4) is 0 Å². The summed E-state index contributed by atoms with van der Waals surface area (Å²) in [4.78, 5) is 34.7. The average Bonchev–Trinajstić information content (AvgIpc) is 2.88. The number of para-hydroxylation sites is 1. The summed E-state index contributed by atoms with van der Waals surface area (Å²) >= 11 is 0. The summed E-state index contributed by atoms with van der Waals surface area (Å²) in [7, 11) is 1.61. The van der Waals surface area contributed by atoms with E-state index in [9.17, 15) is 9.59 Å². The maximum absolute atomic E-state index is 13.2. The van der Waals surface area contributed by atoms with E-state index in [1.165, 1.54) is 0 Å². The summed E-state index contributed by atoms with van der Waals surface area (Å²) in [6.45, 7) is 5.29. The molecular formula is C25H28N6O3. The van der Waals surface area contributed by atoms with Gasteiger partial charge in [-0.1, -0.05) is 18.2 Å². The van der Waals surface area contributed by atoms with Crippen LogP contribution < -0.4 is 10.9 Å². The number of nitrogens with zero attached hydrogens (tertiary/aromatic N) is 5. The second-order valence-corrected chi connectivity index (χ2v) is 8.26. The fraction of sp³-hybridized carbons (Fsp3) is 0.360. The lowest BCUT2D eigenvalue weighted by Crippen LogP contribution is -2.51. The number of amides is 2. The number of fused-ring (bicyclic) bond motifs is 1. The van der Waals surface area contributed by atoms with E-state index in [1.54, 1.807) is 46.9 Å². The molecule has 0 bridgehead atoms. The van der Waals surface area contributed by atoms with Crippen LogP contribution in [0.15, 0.2) is 53.3 Å². The zero-order chi connectivity index (χ0) is 24.1. The molecule has 1 aliphatic rings. The summed E-state index contributed by atoms with van der Waals surface area (Å²) < 4.78 is 6.93. The number of hydrogen-bond donors (Lipinski definition) is 1. The summed E-state index contributed by atoms with van der Waals surface area (Å²) in [5, 5.41) is 12.5. The maximum atomic E-state index is 13.2. The second kappa shape index (κ2) is 10.5. The number of rotatable bonds is 6. The largest absolute Gasteiger partial charge is 0.383 e.